The summed E-state index contributed by atoms with van der Waals surface area (Å²) in [5, 5.41) is 2.95. The number of rotatable bonds is 2. The minimum absolute atomic E-state index is 0.0671. The van der Waals surface area contributed by atoms with Gasteiger partial charge in [-0.15, -0.1) is 0 Å². The van der Waals surface area contributed by atoms with Crippen LogP contribution in [0.15, 0.2) is 24.3 Å². The van der Waals surface area contributed by atoms with Crippen LogP contribution in [-0.4, -0.2) is 62.7 Å². The fourth-order valence-corrected chi connectivity index (χ4v) is 4.19. The van der Waals surface area contributed by atoms with E-state index in [0.29, 0.717) is 19.6 Å². The maximum absolute atomic E-state index is 13.1. The van der Waals surface area contributed by atoms with Gasteiger partial charge in [-0.05, 0) is 30.4 Å². The molecule has 3 heterocycles. The lowest BCUT2D eigenvalue weighted by molar-refractivity contribution is -0.119. The normalized spacial score (nSPS) is 23.0. The zero-order valence-corrected chi connectivity index (χ0v) is 14.5. The second-order valence-electron chi connectivity index (χ2n) is 7.36. The summed E-state index contributed by atoms with van der Waals surface area (Å²) in [6, 6.07) is 7.88. The third kappa shape index (κ3) is 3.23. The summed E-state index contributed by atoms with van der Waals surface area (Å²) in [5.74, 6) is 0.256. The average Bonchev–Trinajstić information content (AvgIpc) is 3.03. The first kappa shape index (κ1) is 16.4. The highest BCUT2D eigenvalue weighted by atomic mass is 16.5. The molecule has 1 spiro atoms. The van der Waals surface area contributed by atoms with Gasteiger partial charge in [-0.3, -0.25) is 9.59 Å². The van der Waals surface area contributed by atoms with E-state index in [2.05, 4.69) is 10.2 Å². The van der Waals surface area contributed by atoms with Gasteiger partial charge >= 0.3 is 0 Å². The maximum Gasteiger partial charge on any atom is 0.255 e. The van der Waals surface area contributed by atoms with Gasteiger partial charge in [-0.25, -0.2) is 0 Å². The number of nitrogens with zero attached hydrogens (tertiary/aromatic N) is 2. The van der Waals surface area contributed by atoms with Crippen LogP contribution in [0.3, 0.4) is 0 Å². The summed E-state index contributed by atoms with van der Waals surface area (Å²) in [6.45, 7) is 5.27. The number of benzene rings is 1. The van der Waals surface area contributed by atoms with E-state index in [1.807, 2.05) is 29.2 Å². The van der Waals surface area contributed by atoms with E-state index in [-0.39, 0.29) is 17.2 Å². The van der Waals surface area contributed by atoms with Crippen molar-refractivity contribution in [3.63, 3.8) is 0 Å². The number of piperidine rings is 1. The Labute approximate surface area is 148 Å². The van der Waals surface area contributed by atoms with Gasteiger partial charge < -0.3 is 19.9 Å². The van der Waals surface area contributed by atoms with Crippen LogP contribution in [0.5, 0.6) is 0 Å². The Kier molecular flexibility index (Phi) is 4.37. The smallest absolute Gasteiger partial charge is 0.255 e. The summed E-state index contributed by atoms with van der Waals surface area (Å²) in [5.41, 5.74) is 1.85. The zero-order valence-electron chi connectivity index (χ0n) is 14.5. The molecule has 25 heavy (non-hydrogen) atoms. The number of hydrogen-bond acceptors (Lipinski definition) is 4. The average molecular weight is 343 g/mol. The van der Waals surface area contributed by atoms with Crippen LogP contribution < -0.4 is 10.2 Å². The van der Waals surface area contributed by atoms with Crippen molar-refractivity contribution < 1.29 is 14.3 Å². The van der Waals surface area contributed by atoms with Crippen LogP contribution >= 0.6 is 0 Å². The van der Waals surface area contributed by atoms with Gasteiger partial charge in [0.15, 0.2) is 0 Å². The molecule has 4 rings (SSSR count). The number of anilines is 1. The monoisotopic (exact) mass is 343 g/mol. The van der Waals surface area contributed by atoms with Crippen LogP contribution in [0.4, 0.5) is 5.69 Å². The fourth-order valence-electron chi connectivity index (χ4n) is 4.19. The highest BCUT2D eigenvalue weighted by Crippen LogP contribution is 2.38. The molecule has 1 aromatic carbocycles. The van der Waals surface area contributed by atoms with Crippen molar-refractivity contribution in [1.29, 1.82) is 0 Å². The number of morpholine rings is 1. The summed E-state index contributed by atoms with van der Waals surface area (Å²) >= 11 is 0. The molecule has 0 atom stereocenters. The molecule has 1 N–H and O–H groups in total. The molecule has 3 aliphatic rings. The van der Waals surface area contributed by atoms with Crippen molar-refractivity contribution >= 4 is 17.5 Å². The van der Waals surface area contributed by atoms with E-state index < -0.39 is 0 Å². The molecule has 134 valence electrons. The van der Waals surface area contributed by atoms with E-state index in [1.165, 1.54) is 0 Å². The Morgan fingerprint density at radius 1 is 1.08 bits per heavy atom. The van der Waals surface area contributed by atoms with Crippen LogP contribution in [-0.2, 0) is 9.53 Å². The van der Waals surface area contributed by atoms with Crippen molar-refractivity contribution in [1.82, 2.24) is 10.2 Å². The molecule has 0 bridgehead atoms. The van der Waals surface area contributed by atoms with Crippen molar-refractivity contribution in [3.8, 4) is 0 Å². The first-order chi connectivity index (χ1) is 12.2. The van der Waals surface area contributed by atoms with Crippen LogP contribution in [0.25, 0.3) is 0 Å². The minimum Gasteiger partial charge on any atom is -0.378 e. The topological polar surface area (TPSA) is 61.9 Å². The number of likely N-dealkylation sites (tertiary alicyclic amines) is 1. The Hall–Kier alpha value is -2.08. The number of carbonyl (C=O) groups is 2. The maximum atomic E-state index is 13.1. The molecule has 6 nitrogen and oxygen atoms in total. The van der Waals surface area contributed by atoms with Gasteiger partial charge in [-0.1, -0.05) is 12.1 Å². The van der Waals surface area contributed by atoms with Gasteiger partial charge in [0.05, 0.1) is 18.8 Å². The van der Waals surface area contributed by atoms with Crippen LogP contribution in [0, 0.1) is 5.41 Å². The zero-order chi connectivity index (χ0) is 17.3. The lowest BCUT2D eigenvalue weighted by Gasteiger charge is -2.39. The summed E-state index contributed by atoms with van der Waals surface area (Å²) in [4.78, 5) is 28.9. The quantitative estimate of drug-likeness (QED) is 0.878. The Balaban J connectivity index is 1.47. The second-order valence-corrected chi connectivity index (χ2v) is 7.36. The van der Waals surface area contributed by atoms with Crippen molar-refractivity contribution in [2.45, 2.75) is 19.3 Å². The van der Waals surface area contributed by atoms with E-state index in [0.717, 1.165) is 56.8 Å². The molecule has 1 aromatic rings. The summed E-state index contributed by atoms with van der Waals surface area (Å²) in [6.07, 6.45) is 2.41. The van der Waals surface area contributed by atoms with Crippen LogP contribution in [0.1, 0.15) is 29.6 Å². The van der Waals surface area contributed by atoms with Crippen molar-refractivity contribution in [2.24, 2.45) is 5.41 Å². The third-order valence-corrected chi connectivity index (χ3v) is 5.79. The molecule has 3 fully saturated rings. The predicted molar refractivity (Wildman–Crippen MR) is 94.7 cm³/mol. The van der Waals surface area contributed by atoms with E-state index in [1.54, 1.807) is 0 Å². The lowest BCUT2D eigenvalue weighted by Crippen LogP contribution is -2.44. The molecule has 0 aromatic heterocycles. The molecule has 0 aliphatic carbocycles. The first-order valence-electron chi connectivity index (χ1n) is 9.15. The highest BCUT2D eigenvalue weighted by Gasteiger charge is 2.41. The number of nitrogens with one attached hydrogen (secondary N) is 1. The summed E-state index contributed by atoms with van der Waals surface area (Å²) < 4.78 is 5.43. The molecule has 0 saturated carbocycles. The highest BCUT2D eigenvalue weighted by molar-refractivity contribution is 6.00. The molecule has 0 unspecified atom stereocenters. The Morgan fingerprint density at radius 2 is 1.80 bits per heavy atom. The Morgan fingerprint density at radius 3 is 2.48 bits per heavy atom. The van der Waals surface area contributed by atoms with Gasteiger partial charge in [0, 0.05) is 44.8 Å². The van der Waals surface area contributed by atoms with Gasteiger partial charge in [-0.2, -0.15) is 0 Å². The number of carbonyl (C=O) groups excluding carboxylic acids is 2. The van der Waals surface area contributed by atoms with Crippen molar-refractivity contribution in [3.05, 3.63) is 29.8 Å². The minimum atomic E-state index is 0.0671. The van der Waals surface area contributed by atoms with Gasteiger partial charge in [0.1, 0.15) is 0 Å². The van der Waals surface area contributed by atoms with Gasteiger partial charge in [0.25, 0.3) is 5.91 Å². The lowest BCUT2D eigenvalue weighted by atomic mass is 9.77. The molecule has 0 radical (unpaired) electrons. The molecule has 2 amide bonds. The summed E-state index contributed by atoms with van der Waals surface area (Å²) in [7, 11) is 0. The molecular formula is C19H25N3O3. The van der Waals surface area contributed by atoms with Gasteiger partial charge in [0.2, 0.25) is 5.91 Å². The SMILES string of the molecule is O=C1CC2(CCN(C(=O)c3ccccc3N3CCOCC3)CC2)CN1. The Bertz CT molecular complexity index is 662. The second kappa shape index (κ2) is 6.67. The number of amides is 2. The number of ether oxygens (including phenoxy) is 1. The third-order valence-electron chi connectivity index (χ3n) is 5.79. The largest absolute Gasteiger partial charge is 0.378 e. The molecule has 3 saturated heterocycles. The first-order valence-corrected chi connectivity index (χ1v) is 9.15. The fraction of sp³-hybridized carbons (Fsp3) is 0.579. The van der Waals surface area contributed by atoms with E-state index in [4.69, 9.17) is 4.74 Å². The van der Waals surface area contributed by atoms with E-state index in [9.17, 15) is 9.59 Å². The molecule has 3 aliphatic heterocycles. The number of hydrogen-bond donors (Lipinski definition) is 1. The standard InChI is InChI=1S/C19H25N3O3/c23-17-13-19(14-20-17)5-7-22(8-6-19)18(24)15-3-1-2-4-16(15)21-9-11-25-12-10-21/h1-4H,5-14H2,(H,20,23). The van der Waals surface area contributed by atoms with Crippen molar-refractivity contribution in [2.75, 3.05) is 50.8 Å². The number of para-hydroxylation sites is 1. The van der Waals surface area contributed by atoms with E-state index >= 15 is 0 Å². The molecular weight excluding hydrogens is 318 g/mol. The predicted octanol–water partition coefficient (Wildman–Crippen LogP) is 1.27. The van der Waals surface area contributed by atoms with Crippen LogP contribution in [0.2, 0.25) is 0 Å². The molecule has 6 heteroatoms.